The van der Waals surface area contributed by atoms with E-state index in [1.807, 2.05) is 0 Å². The van der Waals surface area contributed by atoms with Crippen molar-refractivity contribution >= 4 is 38.3 Å². The number of nitro groups is 1. The van der Waals surface area contributed by atoms with Gasteiger partial charge in [-0.25, -0.2) is 4.98 Å². The van der Waals surface area contributed by atoms with Crippen LogP contribution in [-0.2, 0) is 11.3 Å². The van der Waals surface area contributed by atoms with Crippen LogP contribution in [-0.4, -0.2) is 32.2 Å². The van der Waals surface area contributed by atoms with Crippen molar-refractivity contribution in [2.45, 2.75) is 26.5 Å². The van der Waals surface area contributed by atoms with E-state index in [1.165, 1.54) is 36.0 Å². The van der Waals surface area contributed by atoms with Gasteiger partial charge >= 0.3 is 12.3 Å². The molecule has 0 atom stereocenters. The number of amides is 1. The second-order valence-corrected chi connectivity index (χ2v) is 6.48. The molecule has 0 saturated heterocycles. The van der Waals surface area contributed by atoms with E-state index in [0.717, 1.165) is 11.3 Å². The van der Waals surface area contributed by atoms with Crippen molar-refractivity contribution in [1.82, 2.24) is 14.8 Å². The molecular formula is C15H13F2N5O4S. The summed E-state index contributed by atoms with van der Waals surface area (Å²) in [5.41, 5.74) is 0.701. The fourth-order valence-electron chi connectivity index (χ4n) is 2.33. The van der Waals surface area contributed by atoms with E-state index >= 15 is 0 Å². The molecule has 0 unspecified atom stereocenters. The molecule has 2 aromatic heterocycles. The molecule has 3 aromatic rings. The number of hydrogen-bond donors (Lipinski definition) is 1. The molecule has 0 aliphatic rings. The number of aromatic nitrogens is 3. The Hall–Kier alpha value is -3.15. The molecule has 0 saturated carbocycles. The van der Waals surface area contributed by atoms with E-state index in [9.17, 15) is 23.7 Å². The van der Waals surface area contributed by atoms with Gasteiger partial charge < -0.3 is 10.1 Å². The number of alkyl halides is 2. The number of carbonyl (C=O) groups is 1. The normalized spacial score (nSPS) is 11.1. The number of hydrogen-bond acceptors (Lipinski definition) is 7. The number of halogens is 2. The highest BCUT2D eigenvalue weighted by Crippen LogP contribution is 2.30. The van der Waals surface area contributed by atoms with Crippen molar-refractivity contribution in [3.63, 3.8) is 0 Å². The fourth-order valence-corrected chi connectivity index (χ4v) is 3.24. The lowest BCUT2D eigenvalue weighted by atomic mass is 10.3. The van der Waals surface area contributed by atoms with Crippen molar-refractivity contribution in [1.29, 1.82) is 0 Å². The van der Waals surface area contributed by atoms with Gasteiger partial charge in [-0.1, -0.05) is 11.3 Å². The molecular weight excluding hydrogens is 384 g/mol. The molecule has 142 valence electrons. The number of thiazole rings is 1. The molecule has 0 fully saturated rings. The van der Waals surface area contributed by atoms with Gasteiger partial charge in [-0.05, 0) is 25.1 Å². The minimum atomic E-state index is -2.92. The maximum absolute atomic E-state index is 12.3. The maximum atomic E-state index is 12.3. The Morgan fingerprint density at radius 3 is 2.93 bits per heavy atom. The second-order valence-electron chi connectivity index (χ2n) is 5.45. The Balaban J connectivity index is 1.62. The van der Waals surface area contributed by atoms with Crippen LogP contribution in [0.15, 0.2) is 24.4 Å². The minimum Gasteiger partial charge on any atom is -0.435 e. The maximum Gasteiger partial charge on any atom is 0.387 e. The molecule has 0 spiro atoms. The highest BCUT2D eigenvalue weighted by molar-refractivity contribution is 7.22. The van der Waals surface area contributed by atoms with Crippen molar-refractivity contribution in [2.75, 3.05) is 5.32 Å². The van der Waals surface area contributed by atoms with Crippen molar-refractivity contribution in [3.8, 4) is 5.75 Å². The van der Waals surface area contributed by atoms with E-state index in [4.69, 9.17) is 0 Å². The SMILES string of the molecule is Cc1nn(CCC(=O)Nc2nc3ccc(OC(F)F)cc3s2)cc1[N+](=O)[O-]. The number of nitrogens with one attached hydrogen (secondary N) is 1. The van der Waals surface area contributed by atoms with Gasteiger partial charge in [0.15, 0.2) is 5.13 Å². The van der Waals surface area contributed by atoms with Crippen molar-refractivity contribution < 1.29 is 23.2 Å². The van der Waals surface area contributed by atoms with Crippen molar-refractivity contribution in [3.05, 3.63) is 40.2 Å². The molecule has 1 N–H and O–H groups in total. The molecule has 1 aromatic carbocycles. The van der Waals surface area contributed by atoms with E-state index < -0.39 is 11.5 Å². The molecule has 27 heavy (non-hydrogen) atoms. The first kappa shape index (κ1) is 18.6. The minimum absolute atomic E-state index is 0.00896. The van der Waals surface area contributed by atoms with Crippen LogP contribution >= 0.6 is 11.3 Å². The van der Waals surface area contributed by atoms with Crippen LogP contribution in [0.25, 0.3) is 10.2 Å². The Morgan fingerprint density at radius 1 is 1.48 bits per heavy atom. The van der Waals surface area contributed by atoms with Crippen molar-refractivity contribution in [2.24, 2.45) is 0 Å². The Labute approximate surface area is 154 Å². The molecule has 12 heteroatoms. The first-order chi connectivity index (χ1) is 12.8. The van der Waals surface area contributed by atoms with E-state index in [1.54, 1.807) is 0 Å². The molecule has 3 rings (SSSR count). The summed E-state index contributed by atoms with van der Waals surface area (Å²) in [6, 6.07) is 4.30. The first-order valence-corrected chi connectivity index (χ1v) is 8.47. The summed E-state index contributed by atoms with van der Waals surface area (Å²) in [6.07, 6.45) is 1.30. The fraction of sp³-hybridized carbons (Fsp3) is 0.267. The molecule has 9 nitrogen and oxygen atoms in total. The lowest BCUT2D eigenvalue weighted by Crippen LogP contribution is -2.14. The Kier molecular flexibility index (Phi) is 5.26. The zero-order valence-electron chi connectivity index (χ0n) is 13.9. The quantitative estimate of drug-likeness (QED) is 0.483. The third-order valence-electron chi connectivity index (χ3n) is 3.52. The first-order valence-electron chi connectivity index (χ1n) is 7.65. The van der Waals surface area contributed by atoms with Crippen LogP contribution in [0.2, 0.25) is 0 Å². The van der Waals surface area contributed by atoms with Crippen LogP contribution in [0.5, 0.6) is 5.75 Å². The van der Waals surface area contributed by atoms with Crippen LogP contribution in [0, 0.1) is 17.0 Å². The van der Waals surface area contributed by atoms with Gasteiger partial charge in [-0.3, -0.25) is 19.6 Å². The average molecular weight is 397 g/mol. The highest BCUT2D eigenvalue weighted by atomic mass is 32.1. The number of fused-ring (bicyclic) bond motifs is 1. The third kappa shape index (κ3) is 4.53. The summed E-state index contributed by atoms with van der Waals surface area (Å²) < 4.78 is 30.8. The van der Waals surface area contributed by atoms with Crippen LogP contribution in [0.3, 0.4) is 0 Å². The summed E-state index contributed by atoms with van der Waals surface area (Å²) >= 11 is 1.12. The predicted octanol–water partition coefficient (Wildman–Crippen LogP) is 3.34. The molecule has 0 aliphatic heterocycles. The average Bonchev–Trinajstić information content (AvgIpc) is 3.14. The predicted molar refractivity (Wildman–Crippen MR) is 93.1 cm³/mol. The van der Waals surface area contributed by atoms with Gasteiger partial charge in [-0.2, -0.15) is 13.9 Å². The Morgan fingerprint density at radius 2 is 2.26 bits per heavy atom. The molecule has 0 aliphatic carbocycles. The summed E-state index contributed by atoms with van der Waals surface area (Å²) in [4.78, 5) is 26.5. The zero-order valence-corrected chi connectivity index (χ0v) is 14.7. The zero-order chi connectivity index (χ0) is 19.6. The standard InChI is InChI=1S/C15H13F2N5O4S/c1-8-11(22(24)25)7-21(20-8)5-4-13(23)19-15-18-10-3-2-9(26-14(16)17)6-12(10)27-15/h2-3,6-7,14H,4-5H2,1H3,(H,18,19,23). The van der Waals surface area contributed by atoms with Gasteiger partial charge in [0, 0.05) is 13.0 Å². The second kappa shape index (κ2) is 7.61. The number of carbonyl (C=O) groups excluding carboxylic acids is 1. The summed E-state index contributed by atoms with van der Waals surface area (Å²) in [5, 5.41) is 17.7. The highest BCUT2D eigenvalue weighted by Gasteiger charge is 2.16. The van der Waals surface area contributed by atoms with Gasteiger partial charge in [-0.15, -0.1) is 0 Å². The lowest BCUT2D eigenvalue weighted by molar-refractivity contribution is -0.385. The largest absolute Gasteiger partial charge is 0.435 e. The molecule has 0 radical (unpaired) electrons. The number of anilines is 1. The topological polar surface area (TPSA) is 112 Å². The van der Waals surface area contributed by atoms with Gasteiger partial charge in [0.25, 0.3) is 0 Å². The summed E-state index contributed by atoms with van der Waals surface area (Å²) in [5.74, 6) is -0.344. The summed E-state index contributed by atoms with van der Waals surface area (Å²) in [6.45, 7) is -1.24. The monoisotopic (exact) mass is 397 g/mol. The third-order valence-corrected chi connectivity index (χ3v) is 4.45. The number of nitrogens with zero attached hydrogens (tertiary/aromatic N) is 4. The molecule has 0 bridgehead atoms. The van der Waals surface area contributed by atoms with E-state index in [2.05, 4.69) is 20.1 Å². The summed E-state index contributed by atoms with van der Waals surface area (Å²) in [7, 11) is 0. The van der Waals surface area contributed by atoms with Gasteiger partial charge in [0.2, 0.25) is 5.91 Å². The van der Waals surface area contributed by atoms with Crippen LogP contribution in [0.1, 0.15) is 12.1 Å². The number of ether oxygens (including phenoxy) is 1. The number of aryl methyl sites for hydroxylation is 2. The van der Waals surface area contributed by atoms with E-state index in [0.29, 0.717) is 15.3 Å². The molecule has 2 heterocycles. The van der Waals surface area contributed by atoms with Gasteiger partial charge in [0.1, 0.15) is 17.6 Å². The smallest absolute Gasteiger partial charge is 0.387 e. The van der Waals surface area contributed by atoms with Gasteiger partial charge in [0.05, 0.1) is 15.1 Å². The Bertz CT molecular complexity index is 1000. The number of rotatable bonds is 7. The van der Waals surface area contributed by atoms with Crippen LogP contribution < -0.4 is 10.1 Å². The van der Waals surface area contributed by atoms with E-state index in [-0.39, 0.29) is 36.0 Å². The van der Waals surface area contributed by atoms with Crippen LogP contribution in [0.4, 0.5) is 19.6 Å². The molecule has 1 amide bonds. The number of benzene rings is 1. The lowest BCUT2D eigenvalue weighted by Gasteiger charge is -2.02.